The Balaban J connectivity index is 2.59. The Morgan fingerprint density at radius 2 is 1.95 bits per heavy atom. The van der Waals surface area contributed by atoms with Crippen LogP contribution in [0.5, 0.6) is 0 Å². The monoisotopic (exact) mass is 324 g/mol. The molecule has 0 aliphatic carbocycles. The summed E-state index contributed by atoms with van der Waals surface area (Å²) in [6.07, 6.45) is 2.75. The van der Waals surface area contributed by atoms with Gasteiger partial charge in [-0.15, -0.1) is 0 Å². The van der Waals surface area contributed by atoms with Gasteiger partial charge in [-0.2, -0.15) is 11.8 Å². The van der Waals surface area contributed by atoms with Crippen LogP contribution in [-0.4, -0.2) is 21.6 Å². The van der Waals surface area contributed by atoms with Crippen molar-refractivity contribution in [1.29, 1.82) is 0 Å². The highest BCUT2D eigenvalue weighted by Crippen LogP contribution is 2.22. The van der Waals surface area contributed by atoms with Gasteiger partial charge in [0.25, 0.3) is 5.56 Å². The van der Waals surface area contributed by atoms with Crippen molar-refractivity contribution in [2.24, 2.45) is 0 Å². The zero-order valence-electron chi connectivity index (χ0n) is 11.9. The molecule has 2 aromatic rings. The fourth-order valence-corrected chi connectivity index (χ4v) is 3.04. The topological polar surface area (TPSA) is 54.9 Å². The summed E-state index contributed by atoms with van der Waals surface area (Å²) in [5.74, 6) is 0.885. The molecule has 112 valence electrons. The molecule has 21 heavy (non-hydrogen) atoms. The Morgan fingerprint density at radius 1 is 1.29 bits per heavy atom. The Kier molecular flexibility index (Phi) is 5.31. The highest BCUT2D eigenvalue weighted by molar-refractivity contribution is 7.98. The number of nitrogens with one attached hydrogen (secondary N) is 1. The standard InChI is InChI=1S/C15H17ClN2O2S/c1-10(8-9-21-2)18-14(19)12(13(16)17-15(18)20)11-6-4-3-5-7-11/h3-7,10H,8-9H2,1-2H3,(H,17,20). The molecule has 0 spiro atoms. The number of nitrogens with zero attached hydrogens (tertiary/aromatic N) is 1. The third-order valence-electron chi connectivity index (χ3n) is 3.33. The van der Waals surface area contributed by atoms with E-state index in [0.717, 1.165) is 12.2 Å². The molecule has 4 nitrogen and oxygen atoms in total. The van der Waals surface area contributed by atoms with Gasteiger partial charge in [-0.25, -0.2) is 4.79 Å². The van der Waals surface area contributed by atoms with E-state index in [9.17, 15) is 9.59 Å². The maximum Gasteiger partial charge on any atom is 0.329 e. The van der Waals surface area contributed by atoms with E-state index in [1.54, 1.807) is 23.9 Å². The van der Waals surface area contributed by atoms with Crippen LogP contribution < -0.4 is 11.2 Å². The van der Waals surface area contributed by atoms with Crippen molar-refractivity contribution in [3.63, 3.8) is 0 Å². The average Bonchev–Trinajstić information content (AvgIpc) is 2.45. The number of halogens is 1. The second-order valence-corrected chi connectivity index (χ2v) is 6.15. The summed E-state index contributed by atoms with van der Waals surface area (Å²) in [6.45, 7) is 1.87. The predicted molar refractivity (Wildman–Crippen MR) is 89.5 cm³/mol. The first-order valence-corrected chi connectivity index (χ1v) is 8.42. The molecule has 6 heteroatoms. The molecule has 0 amide bonds. The highest BCUT2D eigenvalue weighted by atomic mass is 35.5. The molecule has 2 rings (SSSR count). The second kappa shape index (κ2) is 7.00. The van der Waals surface area contributed by atoms with E-state index in [0.29, 0.717) is 11.1 Å². The van der Waals surface area contributed by atoms with E-state index in [2.05, 4.69) is 4.98 Å². The Morgan fingerprint density at radius 3 is 2.57 bits per heavy atom. The molecule has 1 atom stereocenters. The lowest BCUT2D eigenvalue weighted by molar-refractivity contribution is 0.494. The SMILES string of the molecule is CSCCC(C)n1c(=O)[nH]c(Cl)c(-c2ccccc2)c1=O. The second-order valence-electron chi connectivity index (χ2n) is 4.79. The van der Waals surface area contributed by atoms with Crippen LogP contribution in [0.3, 0.4) is 0 Å². The van der Waals surface area contributed by atoms with Crippen LogP contribution in [0.25, 0.3) is 11.1 Å². The van der Waals surface area contributed by atoms with Gasteiger partial charge in [-0.1, -0.05) is 41.9 Å². The fourth-order valence-electron chi connectivity index (χ4n) is 2.20. The van der Waals surface area contributed by atoms with Crippen molar-refractivity contribution in [2.75, 3.05) is 12.0 Å². The number of thioether (sulfide) groups is 1. The van der Waals surface area contributed by atoms with Crippen LogP contribution in [0.2, 0.25) is 5.15 Å². The molecule has 0 radical (unpaired) electrons. The first-order valence-electron chi connectivity index (χ1n) is 6.65. The van der Waals surface area contributed by atoms with Crippen LogP contribution in [0.15, 0.2) is 39.9 Å². The van der Waals surface area contributed by atoms with Gasteiger partial charge < -0.3 is 0 Å². The number of aromatic amines is 1. The van der Waals surface area contributed by atoms with Gasteiger partial charge in [-0.3, -0.25) is 14.3 Å². The maximum absolute atomic E-state index is 12.7. The molecular weight excluding hydrogens is 308 g/mol. The van der Waals surface area contributed by atoms with Gasteiger partial charge in [0.1, 0.15) is 5.15 Å². The van der Waals surface area contributed by atoms with Crippen molar-refractivity contribution in [2.45, 2.75) is 19.4 Å². The quantitative estimate of drug-likeness (QED) is 0.859. The number of benzene rings is 1. The summed E-state index contributed by atoms with van der Waals surface area (Å²) >= 11 is 7.76. The minimum absolute atomic E-state index is 0.0875. The molecule has 0 aliphatic heterocycles. The zero-order valence-corrected chi connectivity index (χ0v) is 13.5. The fraction of sp³-hybridized carbons (Fsp3) is 0.333. The maximum atomic E-state index is 12.7. The molecule has 0 fully saturated rings. The van der Waals surface area contributed by atoms with Gasteiger partial charge in [0, 0.05) is 6.04 Å². The Hall–Kier alpha value is -1.46. The molecule has 0 saturated carbocycles. The molecule has 1 heterocycles. The van der Waals surface area contributed by atoms with Gasteiger partial charge in [0.05, 0.1) is 5.56 Å². The summed E-state index contributed by atoms with van der Waals surface area (Å²) in [5, 5.41) is 0.0875. The van der Waals surface area contributed by atoms with Crippen molar-refractivity contribution < 1.29 is 0 Å². The largest absolute Gasteiger partial charge is 0.329 e. The Labute approximate surface area is 132 Å². The predicted octanol–water partition coefficient (Wildman–Crippen LogP) is 3.17. The van der Waals surface area contributed by atoms with E-state index in [4.69, 9.17) is 11.6 Å². The highest BCUT2D eigenvalue weighted by Gasteiger charge is 2.17. The van der Waals surface area contributed by atoms with Gasteiger partial charge >= 0.3 is 5.69 Å². The summed E-state index contributed by atoms with van der Waals surface area (Å²) < 4.78 is 1.25. The average molecular weight is 325 g/mol. The zero-order chi connectivity index (χ0) is 15.4. The van der Waals surface area contributed by atoms with E-state index >= 15 is 0 Å². The molecule has 1 aromatic heterocycles. The molecule has 1 unspecified atom stereocenters. The van der Waals surface area contributed by atoms with Crippen LogP contribution >= 0.6 is 23.4 Å². The number of H-pyrrole nitrogens is 1. The minimum atomic E-state index is -0.460. The molecule has 0 bridgehead atoms. The first kappa shape index (κ1) is 15.9. The molecule has 1 aromatic carbocycles. The normalized spacial score (nSPS) is 12.3. The van der Waals surface area contributed by atoms with E-state index in [1.165, 1.54) is 4.57 Å². The molecule has 1 N–H and O–H groups in total. The van der Waals surface area contributed by atoms with Crippen LogP contribution in [0.4, 0.5) is 0 Å². The van der Waals surface area contributed by atoms with E-state index in [1.807, 2.05) is 31.4 Å². The van der Waals surface area contributed by atoms with Gasteiger partial charge in [-0.05, 0) is 30.9 Å². The summed E-state index contributed by atoms with van der Waals surface area (Å²) in [6, 6.07) is 8.96. The van der Waals surface area contributed by atoms with Crippen molar-refractivity contribution in [1.82, 2.24) is 9.55 Å². The van der Waals surface area contributed by atoms with Crippen LogP contribution in [0, 0.1) is 0 Å². The van der Waals surface area contributed by atoms with Gasteiger partial charge in [0.2, 0.25) is 0 Å². The van der Waals surface area contributed by atoms with Crippen molar-refractivity contribution in [3.8, 4) is 11.1 Å². The lowest BCUT2D eigenvalue weighted by atomic mass is 10.1. The lowest BCUT2D eigenvalue weighted by Crippen LogP contribution is -2.38. The first-order chi connectivity index (χ1) is 10.1. The molecular formula is C15H17ClN2O2S. The van der Waals surface area contributed by atoms with E-state index in [-0.39, 0.29) is 16.8 Å². The smallest absolute Gasteiger partial charge is 0.297 e. The third kappa shape index (κ3) is 3.41. The summed E-state index contributed by atoms with van der Waals surface area (Å²) in [5.41, 5.74) is 0.240. The Bertz CT molecular complexity index is 725. The van der Waals surface area contributed by atoms with Crippen molar-refractivity contribution in [3.05, 3.63) is 56.3 Å². The summed E-state index contributed by atoms with van der Waals surface area (Å²) in [4.78, 5) is 27.3. The van der Waals surface area contributed by atoms with E-state index < -0.39 is 5.69 Å². The summed E-state index contributed by atoms with van der Waals surface area (Å²) in [7, 11) is 0. The third-order valence-corrected chi connectivity index (χ3v) is 4.26. The van der Waals surface area contributed by atoms with Gasteiger partial charge in [0.15, 0.2) is 0 Å². The lowest BCUT2D eigenvalue weighted by Gasteiger charge is -2.15. The van der Waals surface area contributed by atoms with Crippen LogP contribution in [0.1, 0.15) is 19.4 Å². The minimum Gasteiger partial charge on any atom is -0.297 e. The van der Waals surface area contributed by atoms with Crippen molar-refractivity contribution >= 4 is 23.4 Å². The van der Waals surface area contributed by atoms with Crippen LogP contribution in [-0.2, 0) is 0 Å². The molecule has 0 aliphatic rings. The number of hydrogen-bond acceptors (Lipinski definition) is 3. The number of hydrogen-bond donors (Lipinski definition) is 1. The number of aromatic nitrogens is 2. The molecule has 0 saturated heterocycles. The number of rotatable bonds is 5.